The van der Waals surface area contributed by atoms with Gasteiger partial charge in [0.1, 0.15) is 0 Å². The number of benzene rings is 1. The molecule has 0 unspecified atom stereocenters. The van der Waals surface area contributed by atoms with E-state index in [9.17, 15) is 4.39 Å². The number of hydrogen-bond acceptors (Lipinski definition) is 3. The molecule has 0 saturated carbocycles. The molecule has 0 aliphatic rings. The predicted molar refractivity (Wildman–Crippen MR) is 85.1 cm³/mol. The second-order valence-corrected chi connectivity index (χ2v) is 6.02. The maximum Gasteiger partial charge on any atom is 0.219 e. The van der Waals surface area contributed by atoms with E-state index in [1.807, 2.05) is 13.0 Å². The molecule has 5 heteroatoms. The van der Waals surface area contributed by atoms with Crippen molar-refractivity contribution in [3.8, 4) is 11.6 Å². The van der Waals surface area contributed by atoms with E-state index in [4.69, 9.17) is 4.74 Å². The van der Waals surface area contributed by atoms with Crippen LogP contribution in [0.2, 0.25) is 0 Å². The van der Waals surface area contributed by atoms with E-state index in [1.54, 1.807) is 18.2 Å². The van der Waals surface area contributed by atoms with Crippen molar-refractivity contribution < 1.29 is 9.13 Å². The van der Waals surface area contributed by atoms with Crippen molar-refractivity contribution in [2.24, 2.45) is 0 Å². The van der Waals surface area contributed by atoms with Crippen molar-refractivity contribution in [3.05, 3.63) is 51.9 Å². The summed E-state index contributed by atoms with van der Waals surface area (Å²) in [6.07, 6.45) is 0. The summed E-state index contributed by atoms with van der Waals surface area (Å²) in [4.78, 5) is 4.37. The van der Waals surface area contributed by atoms with Crippen LogP contribution < -0.4 is 10.1 Å². The highest BCUT2D eigenvalue weighted by molar-refractivity contribution is 9.10. The molecule has 0 aliphatic carbocycles. The van der Waals surface area contributed by atoms with E-state index >= 15 is 0 Å². The summed E-state index contributed by atoms with van der Waals surface area (Å²) in [5, 5.41) is 3.34. The highest BCUT2D eigenvalue weighted by atomic mass is 79.9. The Labute approximate surface area is 132 Å². The van der Waals surface area contributed by atoms with Crippen molar-refractivity contribution >= 4 is 15.9 Å². The van der Waals surface area contributed by atoms with Gasteiger partial charge in [-0.15, -0.1) is 0 Å². The molecule has 2 aromatic rings. The van der Waals surface area contributed by atoms with Gasteiger partial charge in [0, 0.05) is 28.8 Å². The lowest BCUT2D eigenvalue weighted by Gasteiger charge is -2.12. The quantitative estimate of drug-likeness (QED) is 0.854. The first-order chi connectivity index (χ1) is 9.95. The average Bonchev–Trinajstić information content (AvgIpc) is 2.41. The minimum Gasteiger partial charge on any atom is -0.436 e. The summed E-state index contributed by atoms with van der Waals surface area (Å²) in [5.74, 6) is 0.134. The lowest BCUT2D eigenvalue weighted by molar-refractivity contribution is 0.425. The van der Waals surface area contributed by atoms with Crippen LogP contribution in [-0.4, -0.2) is 11.0 Å². The van der Waals surface area contributed by atoms with Crippen molar-refractivity contribution in [1.29, 1.82) is 0 Å². The smallest absolute Gasteiger partial charge is 0.219 e. The average molecular weight is 353 g/mol. The zero-order valence-electron chi connectivity index (χ0n) is 12.3. The second kappa shape index (κ2) is 7.00. The summed E-state index contributed by atoms with van der Waals surface area (Å²) >= 11 is 3.21. The maximum atomic E-state index is 13.7. The minimum absolute atomic E-state index is 0.165. The van der Waals surface area contributed by atoms with Crippen LogP contribution in [0, 0.1) is 12.7 Å². The van der Waals surface area contributed by atoms with Crippen molar-refractivity contribution in [2.45, 2.75) is 33.4 Å². The summed E-state index contributed by atoms with van der Waals surface area (Å²) in [5.41, 5.74) is 1.98. The molecule has 1 aromatic heterocycles. The molecular weight excluding hydrogens is 335 g/mol. The van der Waals surface area contributed by atoms with Gasteiger partial charge in [-0.2, -0.15) is 0 Å². The Morgan fingerprint density at radius 3 is 2.67 bits per heavy atom. The minimum atomic E-state index is -0.422. The molecule has 1 aromatic carbocycles. The predicted octanol–water partition coefficient (Wildman–Crippen LogP) is 4.58. The van der Waals surface area contributed by atoms with E-state index in [1.165, 1.54) is 6.07 Å². The number of nitrogens with zero attached hydrogens (tertiary/aromatic N) is 1. The van der Waals surface area contributed by atoms with Crippen LogP contribution in [0.15, 0.2) is 34.8 Å². The molecule has 0 atom stereocenters. The first-order valence-electron chi connectivity index (χ1n) is 6.78. The third-order valence-corrected chi connectivity index (χ3v) is 3.47. The first-order valence-corrected chi connectivity index (χ1v) is 7.58. The fraction of sp³-hybridized carbons (Fsp3) is 0.312. The Bertz CT molecular complexity index is 632. The van der Waals surface area contributed by atoms with E-state index in [-0.39, 0.29) is 5.75 Å². The van der Waals surface area contributed by atoms with Gasteiger partial charge in [0.05, 0.1) is 0 Å². The lowest BCUT2D eigenvalue weighted by atomic mass is 10.2. The van der Waals surface area contributed by atoms with Crippen molar-refractivity contribution in [1.82, 2.24) is 10.3 Å². The van der Waals surface area contributed by atoms with Crippen LogP contribution in [0.4, 0.5) is 4.39 Å². The number of aromatic nitrogens is 1. The monoisotopic (exact) mass is 352 g/mol. The number of halogens is 2. The Morgan fingerprint density at radius 1 is 1.29 bits per heavy atom. The van der Waals surface area contributed by atoms with Gasteiger partial charge < -0.3 is 10.1 Å². The third-order valence-electron chi connectivity index (χ3n) is 2.98. The molecule has 0 fully saturated rings. The molecule has 0 bridgehead atoms. The summed E-state index contributed by atoms with van der Waals surface area (Å²) in [6, 6.07) is 8.78. The summed E-state index contributed by atoms with van der Waals surface area (Å²) in [6.45, 7) is 6.86. The molecule has 0 radical (unpaired) electrons. The molecule has 0 aliphatic heterocycles. The lowest BCUT2D eigenvalue weighted by Crippen LogP contribution is -2.22. The zero-order valence-corrected chi connectivity index (χ0v) is 13.9. The standard InChI is InChI=1S/C16H18BrFN2O/c1-10(2)19-9-12-4-7-16(20-11(12)3)21-15-6-5-13(17)8-14(15)18/h4-8,10,19H,9H2,1-3H3. The molecule has 2 rings (SSSR count). The Morgan fingerprint density at radius 2 is 2.05 bits per heavy atom. The molecular formula is C16H18BrFN2O. The van der Waals surface area contributed by atoms with Crippen LogP contribution in [0.1, 0.15) is 25.1 Å². The largest absolute Gasteiger partial charge is 0.436 e. The summed E-state index contributed by atoms with van der Waals surface area (Å²) < 4.78 is 19.9. The van der Waals surface area contributed by atoms with Gasteiger partial charge in [0.25, 0.3) is 0 Å². The van der Waals surface area contributed by atoms with E-state index < -0.39 is 5.82 Å². The number of hydrogen-bond donors (Lipinski definition) is 1. The van der Waals surface area contributed by atoms with E-state index in [0.717, 1.165) is 17.8 Å². The van der Waals surface area contributed by atoms with Gasteiger partial charge in [-0.3, -0.25) is 0 Å². The SMILES string of the molecule is Cc1nc(Oc2ccc(Br)cc2F)ccc1CNC(C)C. The molecule has 21 heavy (non-hydrogen) atoms. The Hall–Kier alpha value is -1.46. The molecule has 1 heterocycles. The van der Waals surface area contributed by atoms with E-state index in [2.05, 4.69) is 40.1 Å². The number of rotatable bonds is 5. The van der Waals surface area contributed by atoms with Crippen molar-refractivity contribution in [2.75, 3.05) is 0 Å². The van der Waals surface area contributed by atoms with E-state index in [0.29, 0.717) is 16.4 Å². The van der Waals surface area contributed by atoms with Crippen LogP contribution in [0.3, 0.4) is 0 Å². The zero-order chi connectivity index (χ0) is 15.4. The number of nitrogens with one attached hydrogen (secondary N) is 1. The second-order valence-electron chi connectivity index (χ2n) is 5.11. The fourth-order valence-corrected chi connectivity index (χ4v) is 2.13. The Balaban J connectivity index is 2.12. The molecule has 0 spiro atoms. The van der Waals surface area contributed by atoms with Gasteiger partial charge >= 0.3 is 0 Å². The molecule has 3 nitrogen and oxygen atoms in total. The highest BCUT2D eigenvalue weighted by Gasteiger charge is 2.08. The fourth-order valence-electron chi connectivity index (χ4n) is 1.80. The number of ether oxygens (including phenoxy) is 1. The van der Waals surface area contributed by atoms with Gasteiger partial charge in [0.2, 0.25) is 5.88 Å². The van der Waals surface area contributed by atoms with Gasteiger partial charge in [-0.25, -0.2) is 9.37 Å². The topological polar surface area (TPSA) is 34.1 Å². The van der Waals surface area contributed by atoms with Crippen LogP contribution in [0.5, 0.6) is 11.6 Å². The molecule has 0 saturated heterocycles. The Kier molecular flexibility index (Phi) is 5.31. The normalized spacial score (nSPS) is 11.0. The van der Waals surface area contributed by atoms with Crippen LogP contribution >= 0.6 is 15.9 Å². The van der Waals surface area contributed by atoms with Crippen LogP contribution in [0.25, 0.3) is 0 Å². The van der Waals surface area contributed by atoms with Gasteiger partial charge in [-0.05, 0) is 30.7 Å². The van der Waals surface area contributed by atoms with Gasteiger partial charge in [0.15, 0.2) is 11.6 Å². The van der Waals surface area contributed by atoms with Crippen LogP contribution in [-0.2, 0) is 6.54 Å². The van der Waals surface area contributed by atoms with Crippen molar-refractivity contribution in [3.63, 3.8) is 0 Å². The number of pyridine rings is 1. The highest BCUT2D eigenvalue weighted by Crippen LogP contribution is 2.26. The molecule has 1 N–H and O–H groups in total. The number of aryl methyl sites for hydroxylation is 1. The molecule has 112 valence electrons. The third kappa shape index (κ3) is 4.51. The maximum absolute atomic E-state index is 13.7. The van der Waals surface area contributed by atoms with Gasteiger partial charge in [-0.1, -0.05) is 35.8 Å². The molecule has 0 amide bonds. The summed E-state index contributed by atoms with van der Waals surface area (Å²) in [7, 11) is 0. The first kappa shape index (κ1) is 15.9.